The van der Waals surface area contributed by atoms with Crippen molar-refractivity contribution in [3.63, 3.8) is 0 Å². The number of carbonyl (C=O) groups is 2. The third kappa shape index (κ3) is 3.53. The molecule has 2 heterocycles. The quantitative estimate of drug-likeness (QED) is 0.823. The minimum Gasteiger partial charge on any atom is -0.352 e. The maximum atomic E-state index is 11.6. The lowest BCUT2D eigenvalue weighted by atomic mass is 10.1. The smallest absolute Gasteiger partial charge is 0.222 e. The number of hydrogen-bond donors (Lipinski definition) is 1. The van der Waals surface area contributed by atoms with E-state index in [1.54, 1.807) is 13.1 Å². The molecule has 20 heavy (non-hydrogen) atoms. The number of carbonyl (C=O) groups excluding carboxylic acids is 2. The summed E-state index contributed by atoms with van der Waals surface area (Å²) in [5.74, 6) is 0.687. The molecule has 108 valence electrons. The number of Topliss-reactive ketones (excluding diaryl/α,β-unsaturated/α-hetero) is 1. The van der Waals surface area contributed by atoms with E-state index < -0.39 is 0 Å². The number of piperidine rings is 1. The first kappa shape index (κ1) is 14.4. The topological polar surface area (TPSA) is 75.2 Å². The van der Waals surface area contributed by atoms with Gasteiger partial charge in [-0.3, -0.25) is 9.59 Å². The lowest BCUT2D eigenvalue weighted by Crippen LogP contribution is -2.38. The lowest BCUT2D eigenvalue weighted by molar-refractivity contribution is -0.133. The van der Waals surface area contributed by atoms with Gasteiger partial charge in [0, 0.05) is 32.3 Å². The molecular formula is C14H20N4O2. The Kier molecular flexibility index (Phi) is 4.65. The van der Waals surface area contributed by atoms with Crippen LogP contribution in [-0.4, -0.2) is 46.2 Å². The van der Waals surface area contributed by atoms with E-state index in [9.17, 15) is 9.59 Å². The number of anilines is 1. The van der Waals surface area contributed by atoms with E-state index in [0.29, 0.717) is 36.7 Å². The molecule has 0 atom stereocenters. The first-order valence-corrected chi connectivity index (χ1v) is 6.94. The van der Waals surface area contributed by atoms with Gasteiger partial charge in [0.2, 0.25) is 11.9 Å². The van der Waals surface area contributed by atoms with Crippen LogP contribution in [0.25, 0.3) is 0 Å². The number of nitrogens with zero attached hydrogens (tertiary/aromatic N) is 3. The standard InChI is InChI=1S/C14H20N4O2/c1-10-12(11(2)19)9-16-14(17-10)15-6-8-18-7-4-3-5-13(18)20/h9H,3-8H2,1-2H3,(H,15,16,17). The highest BCUT2D eigenvalue weighted by molar-refractivity contribution is 5.94. The molecule has 1 aliphatic heterocycles. The molecule has 1 aromatic rings. The highest BCUT2D eigenvalue weighted by Gasteiger charge is 2.17. The second kappa shape index (κ2) is 6.45. The number of rotatable bonds is 5. The van der Waals surface area contributed by atoms with E-state index in [1.165, 1.54) is 6.92 Å². The maximum absolute atomic E-state index is 11.6. The summed E-state index contributed by atoms with van der Waals surface area (Å²) in [6, 6.07) is 0. The molecule has 0 unspecified atom stereocenters. The lowest BCUT2D eigenvalue weighted by Gasteiger charge is -2.26. The summed E-state index contributed by atoms with van der Waals surface area (Å²) in [4.78, 5) is 33.2. The Morgan fingerprint density at radius 3 is 2.90 bits per heavy atom. The fourth-order valence-corrected chi connectivity index (χ4v) is 2.30. The van der Waals surface area contributed by atoms with Gasteiger partial charge in [-0.25, -0.2) is 9.97 Å². The predicted molar refractivity (Wildman–Crippen MR) is 75.7 cm³/mol. The Morgan fingerprint density at radius 1 is 1.45 bits per heavy atom. The van der Waals surface area contributed by atoms with Crippen molar-refractivity contribution in [1.82, 2.24) is 14.9 Å². The first-order chi connectivity index (χ1) is 9.58. The molecular weight excluding hydrogens is 256 g/mol. The molecule has 1 fully saturated rings. The van der Waals surface area contributed by atoms with Gasteiger partial charge in [-0.15, -0.1) is 0 Å². The second-order valence-electron chi connectivity index (χ2n) is 5.01. The van der Waals surface area contributed by atoms with Crippen LogP contribution in [0.1, 0.15) is 42.2 Å². The van der Waals surface area contributed by atoms with Gasteiger partial charge < -0.3 is 10.2 Å². The van der Waals surface area contributed by atoms with Crippen LogP contribution in [0, 0.1) is 6.92 Å². The Labute approximate surface area is 118 Å². The monoisotopic (exact) mass is 276 g/mol. The van der Waals surface area contributed by atoms with E-state index in [0.717, 1.165) is 19.4 Å². The van der Waals surface area contributed by atoms with Crippen molar-refractivity contribution in [3.05, 3.63) is 17.5 Å². The molecule has 0 aliphatic carbocycles. The molecule has 0 radical (unpaired) electrons. The predicted octanol–water partition coefficient (Wildman–Crippen LogP) is 1.41. The van der Waals surface area contributed by atoms with Gasteiger partial charge in [0.15, 0.2) is 5.78 Å². The number of likely N-dealkylation sites (tertiary alicyclic amines) is 1. The van der Waals surface area contributed by atoms with E-state index in [1.807, 2.05) is 4.90 Å². The van der Waals surface area contributed by atoms with Crippen LogP contribution in [-0.2, 0) is 4.79 Å². The second-order valence-corrected chi connectivity index (χ2v) is 5.01. The fraction of sp³-hybridized carbons (Fsp3) is 0.571. The van der Waals surface area contributed by atoms with E-state index in [2.05, 4.69) is 15.3 Å². The summed E-state index contributed by atoms with van der Waals surface area (Å²) in [6.07, 6.45) is 4.27. The Bertz CT molecular complexity index is 516. The number of amides is 1. The molecule has 1 saturated heterocycles. The van der Waals surface area contributed by atoms with Crippen molar-refractivity contribution in [3.8, 4) is 0 Å². The van der Waals surface area contributed by atoms with Gasteiger partial charge in [-0.1, -0.05) is 0 Å². The average molecular weight is 276 g/mol. The zero-order valence-corrected chi connectivity index (χ0v) is 12.0. The van der Waals surface area contributed by atoms with Crippen LogP contribution in [0.15, 0.2) is 6.20 Å². The number of aromatic nitrogens is 2. The van der Waals surface area contributed by atoms with E-state index >= 15 is 0 Å². The van der Waals surface area contributed by atoms with Crippen molar-refractivity contribution in [2.75, 3.05) is 25.0 Å². The summed E-state index contributed by atoms with van der Waals surface area (Å²) in [5.41, 5.74) is 1.21. The van der Waals surface area contributed by atoms with Gasteiger partial charge in [0.05, 0.1) is 11.3 Å². The molecule has 1 aliphatic rings. The zero-order valence-electron chi connectivity index (χ0n) is 12.0. The fourth-order valence-electron chi connectivity index (χ4n) is 2.30. The zero-order chi connectivity index (χ0) is 14.5. The van der Waals surface area contributed by atoms with Crippen LogP contribution in [0.3, 0.4) is 0 Å². The highest BCUT2D eigenvalue weighted by Crippen LogP contribution is 2.10. The molecule has 1 N–H and O–H groups in total. The molecule has 0 spiro atoms. The van der Waals surface area contributed by atoms with Gasteiger partial charge >= 0.3 is 0 Å². The van der Waals surface area contributed by atoms with Crippen molar-refractivity contribution >= 4 is 17.6 Å². The van der Waals surface area contributed by atoms with Crippen LogP contribution in [0.4, 0.5) is 5.95 Å². The minimum absolute atomic E-state index is 0.0343. The van der Waals surface area contributed by atoms with E-state index in [4.69, 9.17) is 0 Å². The normalized spacial score (nSPS) is 15.3. The van der Waals surface area contributed by atoms with Crippen molar-refractivity contribution in [1.29, 1.82) is 0 Å². The van der Waals surface area contributed by atoms with Crippen LogP contribution < -0.4 is 5.32 Å². The van der Waals surface area contributed by atoms with Gasteiger partial charge in [-0.2, -0.15) is 0 Å². The number of aryl methyl sites for hydroxylation is 1. The Balaban J connectivity index is 1.86. The van der Waals surface area contributed by atoms with Crippen LogP contribution in [0.2, 0.25) is 0 Å². The van der Waals surface area contributed by atoms with Gasteiger partial charge in [-0.05, 0) is 26.7 Å². The number of hydrogen-bond acceptors (Lipinski definition) is 5. The average Bonchev–Trinajstić information content (AvgIpc) is 2.40. The van der Waals surface area contributed by atoms with Gasteiger partial charge in [0.25, 0.3) is 0 Å². The minimum atomic E-state index is -0.0343. The summed E-state index contributed by atoms with van der Waals surface area (Å²) < 4.78 is 0. The molecule has 0 bridgehead atoms. The summed E-state index contributed by atoms with van der Waals surface area (Å²) in [5, 5.41) is 3.09. The number of ketones is 1. The molecule has 6 heteroatoms. The SMILES string of the molecule is CC(=O)c1cnc(NCCN2CCCCC2=O)nc1C. The molecule has 6 nitrogen and oxygen atoms in total. The third-order valence-corrected chi connectivity index (χ3v) is 3.44. The van der Waals surface area contributed by atoms with Crippen molar-refractivity contribution < 1.29 is 9.59 Å². The molecule has 1 amide bonds. The Hall–Kier alpha value is -1.98. The number of nitrogens with one attached hydrogen (secondary N) is 1. The molecule has 2 rings (SSSR count). The van der Waals surface area contributed by atoms with Crippen molar-refractivity contribution in [2.24, 2.45) is 0 Å². The first-order valence-electron chi connectivity index (χ1n) is 6.94. The Morgan fingerprint density at radius 2 is 2.25 bits per heavy atom. The third-order valence-electron chi connectivity index (χ3n) is 3.44. The maximum Gasteiger partial charge on any atom is 0.222 e. The van der Waals surface area contributed by atoms with E-state index in [-0.39, 0.29) is 11.7 Å². The van der Waals surface area contributed by atoms with Gasteiger partial charge in [0.1, 0.15) is 0 Å². The molecule has 0 saturated carbocycles. The van der Waals surface area contributed by atoms with Crippen molar-refractivity contribution in [2.45, 2.75) is 33.1 Å². The molecule has 1 aromatic heterocycles. The summed E-state index contributed by atoms with van der Waals surface area (Å²) in [7, 11) is 0. The highest BCUT2D eigenvalue weighted by atomic mass is 16.2. The summed E-state index contributed by atoms with van der Waals surface area (Å²) in [6.45, 7) is 5.41. The largest absolute Gasteiger partial charge is 0.352 e. The molecule has 0 aromatic carbocycles. The summed E-state index contributed by atoms with van der Waals surface area (Å²) >= 11 is 0. The van der Waals surface area contributed by atoms with Crippen LogP contribution >= 0.6 is 0 Å². The van der Waals surface area contributed by atoms with Crippen LogP contribution in [0.5, 0.6) is 0 Å².